The molecule has 0 unspecified atom stereocenters. The molecule has 5 amide bonds. The molecule has 0 radical (unpaired) electrons. The van der Waals surface area contributed by atoms with Gasteiger partial charge >= 0.3 is 0 Å². The van der Waals surface area contributed by atoms with Crippen LogP contribution in [0.2, 0.25) is 0 Å². The maximum absolute atomic E-state index is 14.9. The molecule has 24 nitrogen and oxygen atoms in total. The molecule has 3 saturated heterocycles. The summed E-state index contributed by atoms with van der Waals surface area (Å²) in [5.41, 5.74) is 3.84. The second kappa shape index (κ2) is 32.0. The number of aliphatic hydroxyl groups excluding tert-OH is 7. The number of quaternary nitrogens is 1. The van der Waals surface area contributed by atoms with Crippen molar-refractivity contribution in [3.63, 3.8) is 0 Å². The maximum atomic E-state index is 14.9. The van der Waals surface area contributed by atoms with Crippen molar-refractivity contribution >= 4 is 46.8 Å². The number of amides is 5. The largest absolute Gasteiger partial charge is 0.506 e. The second-order valence-electron chi connectivity index (χ2n) is 26.2. The summed E-state index contributed by atoms with van der Waals surface area (Å²) >= 11 is 0. The number of carbonyl (C=O) groups excluding carboxylic acids is 7. The molecular weight excluding hydrogens is 1190 g/mol. The van der Waals surface area contributed by atoms with Gasteiger partial charge in [-0.3, -0.25) is 33.6 Å². The van der Waals surface area contributed by atoms with Crippen molar-refractivity contribution in [2.24, 2.45) is 17.8 Å². The first kappa shape index (κ1) is 72.0. The van der Waals surface area contributed by atoms with Crippen LogP contribution in [0.4, 0.5) is 5.69 Å². The van der Waals surface area contributed by atoms with Crippen molar-refractivity contribution in [2.45, 2.75) is 166 Å². The highest BCUT2D eigenvalue weighted by Gasteiger charge is 2.50. The number of nitrogens with one attached hydrogen (secondary N) is 4. The molecule has 3 aliphatic heterocycles. The molecule has 3 aliphatic rings. The van der Waals surface area contributed by atoms with Gasteiger partial charge in [0.25, 0.3) is 0 Å². The van der Waals surface area contributed by atoms with Gasteiger partial charge in [0.15, 0.2) is 17.8 Å². The predicted molar refractivity (Wildman–Crippen MR) is 341 cm³/mol. The summed E-state index contributed by atoms with van der Waals surface area (Å²) in [5.74, 6) is -10.9. The fraction of sp³-hybridized carbons (Fsp3) is 0.544. The van der Waals surface area contributed by atoms with E-state index < -0.39 is 164 Å². The van der Waals surface area contributed by atoms with E-state index in [1.54, 1.807) is 45.0 Å². The van der Waals surface area contributed by atoms with Crippen LogP contribution >= 0.6 is 0 Å². The topological polar surface area (TPSA) is 354 Å². The first-order valence-electron chi connectivity index (χ1n) is 31.8. The van der Waals surface area contributed by atoms with Crippen LogP contribution in [0.5, 0.6) is 11.5 Å². The molecular formula is C68H94N7O17+. The van der Waals surface area contributed by atoms with Crippen LogP contribution in [0.3, 0.4) is 0 Å². The summed E-state index contributed by atoms with van der Waals surface area (Å²) < 4.78 is 12.4. The quantitative estimate of drug-likeness (QED) is 0.0247. The van der Waals surface area contributed by atoms with E-state index in [9.17, 15) is 74.4 Å². The van der Waals surface area contributed by atoms with Crippen LogP contribution in [0, 0.1) is 17.8 Å². The number of Topliss-reactive ketones (excluding diaryl/α,β-unsaturated/α-hetero) is 2. The normalized spacial score (nSPS) is 26.2. The highest BCUT2D eigenvalue weighted by Crippen LogP contribution is 2.35. The molecule has 92 heavy (non-hydrogen) atoms. The Morgan fingerprint density at radius 3 is 1.83 bits per heavy atom. The van der Waals surface area contributed by atoms with E-state index in [2.05, 4.69) is 28.2 Å². The molecule has 12 N–H and O–H groups in total. The summed E-state index contributed by atoms with van der Waals surface area (Å²) in [4.78, 5) is 105. The lowest BCUT2D eigenvalue weighted by atomic mass is 9.86. The Bertz CT molecular complexity index is 3180. The Labute approximate surface area is 537 Å². The molecule has 0 bridgehead atoms. The van der Waals surface area contributed by atoms with Crippen LogP contribution in [0.15, 0.2) is 91.0 Å². The molecule has 0 spiro atoms. The van der Waals surface area contributed by atoms with Gasteiger partial charge in [-0.15, -0.1) is 0 Å². The Kier molecular flexibility index (Phi) is 25.0. The van der Waals surface area contributed by atoms with Gasteiger partial charge in [-0.05, 0) is 92.6 Å². The maximum Gasteiger partial charge on any atom is 0.248 e. The predicted octanol–water partition coefficient (Wildman–Crippen LogP) is 2.80. The van der Waals surface area contributed by atoms with Gasteiger partial charge in [-0.25, -0.2) is 0 Å². The van der Waals surface area contributed by atoms with E-state index in [1.165, 1.54) is 25.1 Å². The minimum absolute atomic E-state index is 0.0380. The Morgan fingerprint density at radius 1 is 0.696 bits per heavy atom. The third-order valence-electron chi connectivity index (χ3n) is 17.3. The molecule has 4 aromatic carbocycles. The minimum atomic E-state index is -2.21. The molecule has 4 aromatic rings. The fourth-order valence-electron chi connectivity index (χ4n) is 11.8. The number of nitrogens with zero attached hydrogens (tertiary/aromatic N) is 3. The summed E-state index contributed by atoms with van der Waals surface area (Å²) in [6.07, 6.45) is -13.7. The molecule has 0 saturated carbocycles. The van der Waals surface area contributed by atoms with Crippen molar-refractivity contribution in [3.8, 4) is 33.8 Å². The lowest BCUT2D eigenvalue weighted by Gasteiger charge is -2.34. The summed E-state index contributed by atoms with van der Waals surface area (Å²) in [6.45, 7) is 9.56. The molecule has 0 aliphatic carbocycles. The number of phenols is 1. The monoisotopic (exact) mass is 1280 g/mol. The van der Waals surface area contributed by atoms with Crippen LogP contribution in [0.1, 0.15) is 109 Å². The zero-order valence-electron chi connectivity index (χ0n) is 54.0. The third kappa shape index (κ3) is 18.5. The zero-order chi connectivity index (χ0) is 67.5. The molecule has 24 heteroatoms. The number of fused-ring (bicyclic) bond motifs is 2. The highest BCUT2D eigenvalue weighted by molar-refractivity contribution is 6.01. The van der Waals surface area contributed by atoms with Crippen molar-refractivity contribution in [2.75, 3.05) is 59.3 Å². The van der Waals surface area contributed by atoms with E-state index in [0.717, 1.165) is 64.0 Å². The summed E-state index contributed by atoms with van der Waals surface area (Å²) in [6, 6.07) is 18.7. The van der Waals surface area contributed by atoms with Gasteiger partial charge in [0.05, 0.1) is 88.6 Å². The molecule has 3 fully saturated rings. The number of hydrogen-bond donors (Lipinski definition) is 12. The number of phenolic OH excluding ortho intramolecular Hbond substituents is 1. The Morgan fingerprint density at radius 2 is 1.26 bits per heavy atom. The summed E-state index contributed by atoms with van der Waals surface area (Å²) in [7, 11) is 5.57. The Balaban J connectivity index is 1.24. The smallest absolute Gasteiger partial charge is 0.248 e. The number of carbonyl (C=O) groups is 7. The average molecular weight is 1280 g/mol. The van der Waals surface area contributed by atoms with Crippen LogP contribution in [-0.2, 0) is 33.5 Å². The van der Waals surface area contributed by atoms with Crippen LogP contribution in [0.25, 0.3) is 22.3 Å². The van der Waals surface area contributed by atoms with Gasteiger partial charge in [-0.2, -0.15) is 0 Å². The van der Waals surface area contributed by atoms with Gasteiger partial charge in [0.1, 0.15) is 42.3 Å². The van der Waals surface area contributed by atoms with Crippen LogP contribution < -0.4 is 26.0 Å². The molecule has 3 heterocycles. The van der Waals surface area contributed by atoms with Gasteiger partial charge < -0.3 is 85.9 Å². The van der Waals surface area contributed by atoms with Crippen LogP contribution in [-0.4, -0.2) is 223 Å². The van der Waals surface area contributed by atoms with Crippen molar-refractivity contribution in [1.82, 2.24) is 25.8 Å². The van der Waals surface area contributed by atoms with E-state index in [4.69, 9.17) is 9.47 Å². The van der Waals surface area contributed by atoms with Crippen molar-refractivity contribution < 1.29 is 88.4 Å². The number of benzene rings is 4. The SMILES string of the molecule is CCCCCOc1ccc(-c2ccc(-c3ccc(C(=O)C[C@H]4C[C@@H](O)[C@@H](OCC[N+](C)(C)C)NC(=O)[C@@H]5[C@@H](O)[C@@H](C)CN5C(=O)[C@H]([C@@H](C)O)NC(=O)[C@H]([C@H](O)[C@@H](O)c5ccc(O)c(NC(C)C)c5)CC(=O)[C@@H]5C[C@@H](O)CN5C(=O)[C@H]([C@@H](C)O)NC4=O)cc3)cc2)cc1. The standard InChI is InChI=1S/C68H93N7O17/c1-10-11-12-28-91-49-24-21-44(22-25-49)42-15-13-41(14-16-42)43-17-19-45(20-18-43)54(80)31-47-32-56(82)66(92-29-27-75(7,8)9)72-65(88)59-60(83)38(4)35-74(59)68(90)58(40(6)77)71-64(87)50(62(85)61(84)46-23-26-53(79)51(30-46)69-37(2)3)34-55(81)52-33-48(78)36-73(52)67(89)57(39(5)76)70-63(47)86/h13-26,30,37-40,47-48,50,52,56-62,66,69,76-78,82-85H,10-12,27-29,31-36H2,1-9H3,(H3-,70,71,72,79,86,87,88)/p+1/t38-,39+,40+,47-,48+,50-,52-,56+,57-,58-,59-,60-,61-,62-,66+/m0/s1. The lowest BCUT2D eigenvalue weighted by Crippen LogP contribution is -2.61. The highest BCUT2D eigenvalue weighted by atomic mass is 16.5. The van der Waals surface area contributed by atoms with Crippen molar-refractivity contribution in [3.05, 3.63) is 102 Å². The fourth-order valence-corrected chi connectivity index (χ4v) is 11.8. The van der Waals surface area contributed by atoms with E-state index in [1.807, 2.05) is 69.7 Å². The number of rotatable bonds is 21. The first-order chi connectivity index (χ1) is 43.5. The average Bonchev–Trinajstić information content (AvgIpc) is 1.60. The first-order valence-corrected chi connectivity index (χ1v) is 31.8. The van der Waals surface area contributed by atoms with E-state index in [-0.39, 0.29) is 41.8 Å². The molecule has 502 valence electrons. The third-order valence-corrected chi connectivity index (χ3v) is 17.3. The summed E-state index contributed by atoms with van der Waals surface area (Å²) in [5, 5.41) is 103. The van der Waals surface area contributed by atoms with E-state index in [0.29, 0.717) is 17.6 Å². The van der Waals surface area contributed by atoms with Gasteiger partial charge in [0, 0.05) is 55.8 Å². The van der Waals surface area contributed by atoms with Crippen molar-refractivity contribution in [1.29, 1.82) is 0 Å². The Hall–Kier alpha value is -7.39. The number of aliphatic hydroxyl groups is 7. The molecule has 15 atom stereocenters. The number of ketones is 2. The van der Waals surface area contributed by atoms with Gasteiger partial charge in [0.2, 0.25) is 29.5 Å². The number of likely N-dealkylation sites (N-methyl/N-ethyl adjacent to an activating group) is 1. The van der Waals surface area contributed by atoms with Gasteiger partial charge in [-0.1, -0.05) is 93.4 Å². The number of unbranched alkanes of at least 4 members (excludes halogenated alkanes) is 2. The zero-order valence-corrected chi connectivity index (χ0v) is 54.0. The lowest BCUT2D eigenvalue weighted by molar-refractivity contribution is -0.870. The number of anilines is 1. The molecule has 0 aromatic heterocycles. The minimum Gasteiger partial charge on any atom is -0.506 e. The number of ether oxygens (including phenoxy) is 2. The number of hydrogen-bond acceptors (Lipinski definition) is 18. The number of aromatic hydroxyl groups is 1. The van der Waals surface area contributed by atoms with E-state index >= 15 is 0 Å². The molecule has 7 rings (SSSR count). The second-order valence-corrected chi connectivity index (χ2v) is 26.2.